The van der Waals surface area contributed by atoms with Crippen LogP contribution < -0.4 is 0 Å². The van der Waals surface area contributed by atoms with Gasteiger partial charge in [0, 0.05) is 21.8 Å². The van der Waals surface area contributed by atoms with Crippen molar-refractivity contribution in [3.8, 4) is 11.5 Å². The summed E-state index contributed by atoms with van der Waals surface area (Å²) in [6.07, 6.45) is 2.19. The molecule has 4 nitrogen and oxygen atoms in total. The van der Waals surface area contributed by atoms with Gasteiger partial charge in [0.25, 0.3) is 0 Å². The van der Waals surface area contributed by atoms with Gasteiger partial charge in [0.15, 0.2) is 11.6 Å². The Labute approximate surface area is 120 Å². The molecule has 0 amide bonds. The lowest BCUT2D eigenvalue weighted by Gasteiger charge is -2.18. The maximum absolute atomic E-state index is 11.7. The van der Waals surface area contributed by atoms with E-state index < -0.39 is 11.6 Å². The number of ketones is 2. The molecule has 0 bridgehead atoms. The summed E-state index contributed by atoms with van der Waals surface area (Å²) >= 11 is 6.38. The highest BCUT2D eigenvalue weighted by Crippen LogP contribution is 2.41. The third-order valence-corrected chi connectivity index (χ3v) is 3.93. The molecule has 94 valence electrons. The first-order valence-electron chi connectivity index (χ1n) is 5.01. The first-order chi connectivity index (χ1) is 8.52. The van der Waals surface area contributed by atoms with Gasteiger partial charge in [0.1, 0.15) is 11.5 Å². The third-order valence-electron chi connectivity index (χ3n) is 2.81. The Bertz CT molecular complexity index is 539. The van der Waals surface area contributed by atoms with Gasteiger partial charge in [-0.3, -0.25) is 9.59 Å². The number of phenolic OH excluding ortho intramolecular Hbond substituents is 2. The lowest BCUT2D eigenvalue weighted by molar-refractivity contribution is 0.0989. The fraction of sp³-hybridized carbons (Fsp3) is 0.167. The number of rotatable bonds is 2. The van der Waals surface area contributed by atoms with Crippen LogP contribution >= 0.6 is 31.9 Å². The maximum atomic E-state index is 11.7. The Morgan fingerprint density at radius 1 is 0.833 bits per heavy atom. The van der Waals surface area contributed by atoms with Crippen LogP contribution in [0.2, 0.25) is 0 Å². The van der Waals surface area contributed by atoms with E-state index in [2.05, 4.69) is 31.9 Å². The van der Waals surface area contributed by atoms with Crippen molar-refractivity contribution >= 4 is 43.4 Å². The van der Waals surface area contributed by atoms with Crippen molar-refractivity contribution in [2.45, 2.75) is 10.7 Å². The number of carbonyl (C=O) groups excluding carboxylic acids is 2. The van der Waals surface area contributed by atoms with Gasteiger partial charge in [-0.15, -0.1) is 0 Å². The first-order valence-corrected chi connectivity index (χ1v) is 7.25. The number of alkyl halides is 2. The predicted octanol–water partition coefficient (Wildman–Crippen LogP) is 2.82. The van der Waals surface area contributed by atoms with E-state index in [1.54, 1.807) is 0 Å². The van der Waals surface area contributed by atoms with E-state index in [-0.39, 0.29) is 33.3 Å². The average molecular weight is 376 g/mol. The quantitative estimate of drug-likeness (QED) is 0.615. The summed E-state index contributed by atoms with van der Waals surface area (Å²) in [6.45, 7) is 0. The smallest absolute Gasteiger partial charge is 0.190 e. The van der Waals surface area contributed by atoms with Crippen LogP contribution in [0.3, 0.4) is 0 Å². The highest BCUT2D eigenvalue weighted by molar-refractivity contribution is 9.09. The molecule has 0 atom stereocenters. The predicted molar refractivity (Wildman–Crippen MR) is 72.8 cm³/mol. The number of fused-ring (bicyclic) bond motifs is 1. The molecule has 1 aromatic rings. The first kappa shape index (κ1) is 13.3. The second-order valence-corrected chi connectivity index (χ2v) is 4.85. The molecular weight excluding hydrogens is 368 g/mol. The van der Waals surface area contributed by atoms with E-state index in [4.69, 9.17) is 0 Å². The zero-order valence-corrected chi connectivity index (χ0v) is 12.2. The third kappa shape index (κ3) is 1.80. The number of aromatic hydroxyl groups is 2. The number of benzene rings is 1. The molecule has 0 heterocycles. The van der Waals surface area contributed by atoms with Crippen LogP contribution in [0.5, 0.6) is 11.5 Å². The Morgan fingerprint density at radius 3 is 1.44 bits per heavy atom. The molecule has 1 aliphatic rings. The SMILES string of the molecule is O=C1C=CC(=O)c2c(O)c(CBr)c(CBr)c(O)c21. The van der Waals surface area contributed by atoms with Gasteiger partial charge >= 0.3 is 0 Å². The van der Waals surface area contributed by atoms with Gasteiger partial charge in [0.05, 0.1) is 11.1 Å². The molecule has 0 unspecified atom stereocenters. The van der Waals surface area contributed by atoms with Crippen LogP contribution in [0.15, 0.2) is 12.2 Å². The van der Waals surface area contributed by atoms with Gasteiger partial charge in [-0.05, 0) is 12.2 Å². The van der Waals surface area contributed by atoms with E-state index in [1.807, 2.05) is 0 Å². The minimum atomic E-state index is -0.485. The summed E-state index contributed by atoms with van der Waals surface area (Å²) in [7, 11) is 0. The van der Waals surface area contributed by atoms with E-state index in [0.29, 0.717) is 11.1 Å². The van der Waals surface area contributed by atoms with E-state index in [0.717, 1.165) is 12.2 Å². The van der Waals surface area contributed by atoms with E-state index in [9.17, 15) is 19.8 Å². The number of hydrogen-bond acceptors (Lipinski definition) is 4. The fourth-order valence-corrected chi connectivity index (χ4v) is 3.12. The lowest BCUT2D eigenvalue weighted by atomic mass is 9.88. The molecule has 2 N–H and O–H groups in total. The highest BCUT2D eigenvalue weighted by atomic mass is 79.9. The second kappa shape index (κ2) is 4.85. The highest BCUT2D eigenvalue weighted by Gasteiger charge is 2.30. The Kier molecular flexibility index (Phi) is 3.59. The monoisotopic (exact) mass is 374 g/mol. The van der Waals surface area contributed by atoms with E-state index in [1.165, 1.54) is 0 Å². The molecule has 18 heavy (non-hydrogen) atoms. The minimum Gasteiger partial charge on any atom is -0.507 e. The Hall–Kier alpha value is -1.14. The summed E-state index contributed by atoms with van der Waals surface area (Å²) in [6, 6.07) is 0. The Balaban J connectivity index is 2.90. The van der Waals surface area contributed by atoms with Crippen LogP contribution in [0, 0.1) is 0 Å². The number of halogens is 2. The van der Waals surface area contributed by atoms with Crippen molar-refractivity contribution in [2.75, 3.05) is 0 Å². The molecular formula is C12H8Br2O4. The van der Waals surface area contributed by atoms with Crippen molar-refractivity contribution in [1.29, 1.82) is 0 Å². The van der Waals surface area contributed by atoms with Gasteiger partial charge in [-0.2, -0.15) is 0 Å². The van der Waals surface area contributed by atoms with Gasteiger partial charge in [-0.1, -0.05) is 31.9 Å². The zero-order valence-electron chi connectivity index (χ0n) is 9.04. The zero-order chi connectivity index (χ0) is 13.4. The number of hydrogen-bond donors (Lipinski definition) is 2. The standard InChI is InChI=1S/C12H8Br2O4/c13-3-5-6(4-14)12(18)10-8(16)2-1-7(15)9(10)11(5)17/h1-2,17-18H,3-4H2. The summed E-state index contributed by atoms with van der Waals surface area (Å²) in [4.78, 5) is 23.5. The maximum Gasteiger partial charge on any atom is 0.190 e. The molecule has 0 spiro atoms. The van der Waals surface area contributed by atoms with Crippen molar-refractivity contribution in [2.24, 2.45) is 0 Å². The van der Waals surface area contributed by atoms with Gasteiger partial charge in [0.2, 0.25) is 0 Å². The van der Waals surface area contributed by atoms with Crippen LogP contribution in [-0.2, 0) is 10.7 Å². The molecule has 0 radical (unpaired) electrons. The molecule has 0 aromatic heterocycles. The molecule has 6 heteroatoms. The molecule has 1 aliphatic carbocycles. The summed E-state index contributed by atoms with van der Waals surface area (Å²) in [5, 5.41) is 20.7. The van der Waals surface area contributed by atoms with Crippen LogP contribution in [0.4, 0.5) is 0 Å². The van der Waals surface area contributed by atoms with Crippen LogP contribution in [0.1, 0.15) is 31.8 Å². The number of carbonyl (C=O) groups is 2. The minimum absolute atomic E-state index is 0.126. The van der Waals surface area contributed by atoms with Crippen molar-refractivity contribution < 1.29 is 19.8 Å². The summed E-state index contributed by atoms with van der Waals surface area (Å²) < 4.78 is 0. The largest absolute Gasteiger partial charge is 0.507 e. The molecule has 0 fully saturated rings. The number of phenols is 2. The average Bonchev–Trinajstić information content (AvgIpc) is 2.35. The van der Waals surface area contributed by atoms with Crippen LogP contribution in [0.25, 0.3) is 0 Å². The fourth-order valence-electron chi connectivity index (χ4n) is 1.91. The van der Waals surface area contributed by atoms with Crippen molar-refractivity contribution in [1.82, 2.24) is 0 Å². The van der Waals surface area contributed by atoms with E-state index >= 15 is 0 Å². The van der Waals surface area contributed by atoms with Gasteiger partial charge in [-0.25, -0.2) is 0 Å². The Morgan fingerprint density at radius 2 is 1.17 bits per heavy atom. The van der Waals surface area contributed by atoms with Crippen LogP contribution in [-0.4, -0.2) is 21.8 Å². The number of allylic oxidation sites excluding steroid dienone is 2. The normalized spacial score (nSPS) is 13.9. The lowest BCUT2D eigenvalue weighted by Crippen LogP contribution is -2.14. The summed E-state index contributed by atoms with van der Waals surface area (Å²) in [5.74, 6) is -1.48. The van der Waals surface area contributed by atoms with Gasteiger partial charge < -0.3 is 10.2 Å². The van der Waals surface area contributed by atoms with Crippen molar-refractivity contribution in [3.05, 3.63) is 34.4 Å². The molecule has 1 aromatic carbocycles. The molecule has 0 aliphatic heterocycles. The molecule has 0 saturated heterocycles. The molecule has 0 saturated carbocycles. The topological polar surface area (TPSA) is 74.6 Å². The summed E-state index contributed by atoms with van der Waals surface area (Å²) in [5.41, 5.74) is 0.553. The van der Waals surface area contributed by atoms with Crippen molar-refractivity contribution in [3.63, 3.8) is 0 Å². The second-order valence-electron chi connectivity index (χ2n) is 3.73. The molecule has 2 rings (SSSR count).